The number of aryl methyl sites for hydroxylation is 1. The standard InChI is InChI=1S/C27H29N3O3/c1-17(2)30-25-11-10-21(20-8-5-7-19(12-20)15-28)13-23(25)24(29-30)16-33-27-18(3)6-4-9-22(27)14-26(31)32/h4-13,17H,14-16,28H2,1-3H3,(H,31,32). The maximum absolute atomic E-state index is 11.3. The van der Waals surface area contributed by atoms with Gasteiger partial charge in [-0.25, -0.2) is 0 Å². The van der Waals surface area contributed by atoms with Gasteiger partial charge in [0.05, 0.1) is 11.9 Å². The molecule has 33 heavy (non-hydrogen) atoms. The van der Waals surface area contributed by atoms with E-state index in [1.807, 2.05) is 35.9 Å². The van der Waals surface area contributed by atoms with Gasteiger partial charge >= 0.3 is 5.97 Å². The Morgan fingerprint density at radius 1 is 1.09 bits per heavy atom. The minimum absolute atomic E-state index is 0.0835. The van der Waals surface area contributed by atoms with Crippen LogP contribution in [0.15, 0.2) is 60.7 Å². The number of para-hydroxylation sites is 1. The summed E-state index contributed by atoms with van der Waals surface area (Å²) in [6.07, 6.45) is -0.0835. The summed E-state index contributed by atoms with van der Waals surface area (Å²) < 4.78 is 8.19. The van der Waals surface area contributed by atoms with E-state index in [-0.39, 0.29) is 19.1 Å². The van der Waals surface area contributed by atoms with Crippen molar-refractivity contribution in [3.8, 4) is 16.9 Å². The fraction of sp³-hybridized carbons (Fsp3) is 0.259. The summed E-state index contributed by atoms with van der Waals surface area (Å²) >= 11 is 0. The van der Waals surface area contributed by atoms with E-state index in [0.717, 1.165) is 38.9 Å². The Bertz CT molecular complexity index is 1310. The van der Waals surface area contributed by atoms with Gasteiger partial charge in [0.25, 0.3) is 0 Å². The van der Waals surface area contributed by atoms with Crippen molar-refractivity contribution in [2.24, 2.45) is 5.73 Å². The molecular formula is C27H29N3O3. The van der Waals surface area contributed by atoms with Crippen LogP contribution in [0.4, 0.5) is 0 Å². The van der Waals surface area contributed by atoms with Crippen LogP contribution in [0.25, 0.3) is 22.0 Å². The molecule has 0 bridgehead atoms. The highest BCUT2D eigenvalue weighted by Gasteiger charge is 2.16. The molecule has 3 N–H and O–H groups in total. The lowest BCUT2D eigenvalue weighted by Crippen LogP contribution is -2.07. The zero-order chi connectivity index (χ0) is 23.5. The van der Waals surface area contributed by atoms with E-state index < -0.39 is 5.97 Å². The Hall–Kier alpha value is -3.64. The lowest BCUT2D eigenvalue weighted by atomic mass is 10.0. The number of nitrogens with two attached hydrogens (primary N) is 1. The third-order valence-corrected chi connectivity index (χ3v) is 5.76. The lowest BCUT2D eigenvalue weighted by molar-refractivity contribution is -0.136. The molecule has 4 aromatic rings. The Morgan fingerprint density at radius 3 is 2.58 bits per heavy atom. The van der Waals surface area contributed by atoms with Gasteiger partial charge in [0.15, 0.2) is 0 Å². The highest BCUT2D eigenvalue weighted by Crippen LogP contribution is 2.31. The van der Waals surface area contributed by atoms with Gasteiger partial charge < -0.3 is 15.6 Å². The van der Waals surface area contributed by atoms with Gasteiger partial charge in [-0.3, -0.25) is 9.48 Å². The number of ether oxygens (including phenoxy) is 1. The van der Waals surface area contributed by atoms with Crippen LogP contribution in [-0.4, -0.2) is 20.9 Å². The van der Waals surface area contributed by atoms with Crippen molar-refractivity contribution in [2.75, 3.05) is 0 Å². The van der Waals surface area contributed by atoms with Gasteiger partial charge in [0.1, 0.15) is 18.1 Å². The summed E-state index contributed by atoms with van der Waals surface area (Å²) in [5, 5.41) is 15.1. The molecule has 0 amide bonds. The normalized spacial score (nSPS) is 11.3. The van der Waals surface area contributed by atoms with Crippen molar-refractivity contribution in [3.05, 3.63) is 83.0 Å². The third kappa shape index (κ3) is 4.76. The number of rotatable bonds is 8. The summed E-state index contributed by atoms with van der Waals surface area (Å²) in [5.74, 6) is -0.275. The molecule has 0 unspecified atom stereocenters. The quantitative estimate of drug-likeness (QED) is 0.388. The fourth-order valence-electron chi connectivity index (χ4n) is 4.12. The average Bonchev–Trinajstić information content (AvgIpc) is 3.16. The van der Waals surface area contributed by atoms with Crippen LogP contribution in [0.5, 0.6) is 5.75 Å². The number of hydrogen-bond donors (Lipinski definition) is 2. The molecule has 0 aliphatic carbocycles. The molecule has 3 aromatic carbocycles. The van der Waals surface area contributed by atoms with Gasteiger partial charge in [-0.15, -0.1) is 0 Å². The number of carboxylic acid groups (broad SMARTS) is 1. The highest BCUT2D eigenvalue weighted by atomic mass is 16.5. The second-order valence-electron chi connectivity index (χ2n) is 8.54. The number of carbonyl (C=O) groups is 1. The van der Waals surface area contributed by atoms with Gasteiger partial charge in [0, 0.05) is 23.5 Å². The first-order valence-corrected chi connectivity index (χ1v) is 11.1. The average molecular weight is 444 g/mol. The summed E-state index contributed by atoms with van der Waals surface area (Å²) in [4.78, 5) is 11.3. The van der Waals surface area contributed by atoms with E-state index >= 15 is 0 Å². The third-order valence-electron chi connectivity index (χ3n) is 5.76. The van der Waals surface area contributed by atoms with Gasteiger partial charge in [-0.05, 0) is 61.2 Å². The molecule has 1 aromatic heterocycles. The summed E-state index contributed by atoms with van der Waals surface area (Å²) in [7, 11) is 0. The zero-order valence-corrected chi connectivity index (χ0v) is 19.2. The topological polar surface area (TPSA) is 90.4 Å². The van der Waals surface area contributed by atoms with E-state index in [1.165, 1.54) is 0 Å². The van der Waals surface area contributed by atoms with Crippen LogP contribution in [0, 0.1) is 6.92 Å². The predicted molar refractivity (Wildman–Crippen MR) is 130 cm³/mol. The van der Waals surface area contributed by atoms with Gasteiger partial charge in [0.2, 0.25) is 0 Å². The van der Waals surface area contributed by atoms with Crippen LogP contribution < -0.4 is 10.5 Å². The molecule has 0 atom stereocenters. The van der Waals surface area contributed by atoms with E-state index in [0.29, 0.717) is 17.9 Å². The van der Waals surface area contributed by atoms with E-state index in [4.69, 9.17) is 15.6 Å². The molecule has 0 aliphatic heterocycles. The number of aliphatic carboxylic acids is 1. The van der Waals surface area contributed by atoms with Crippen molar-refractivity contribution in [2.45, 2.75) is 46.4 Å². The smallest absolute Gasteiger partial charge is 0.307 e. The first-order chi connectivity index (χ1) is 15.9. The maximum atomic E-state index is 11.3. The Morgan fingerprint density at radius 2 is 1.85 bits per heavy atom. The summed E-state index contributed by atoms with van der Waals surface area (Å²) in [6.45, 7) is 6.87. The zero-order valence-electron chi connectivity index (χ0n) is 19.2. The van der Waals surface area contributed by atoms with E-state index in [9.17, 15) is 9.90 Å². The second-order valence-corrected chi connectivity index (χ2v) is 8.54. The van der Waals surface area contributed by atoms with Crippen molar-refractivity contribution in [1.29, 1.82) is 0 Å². The second kappa shape index (κ2) is 9.46. The number of benzene rings is 3. The Balaban J connectivity index is 1.74. The SMILES string of the molecule is Cc1cccc(CC(=O)O)c1OCc1nn(C(C)C)c2ccc(-c3cccc(CN)c3)cc12. The molecule has 0 aliphatic rings. The molecule has 170 valence electrons. The van der Waals surface area contributed by atoms with E-state index in [1.54, 1.807) is 6.07 Å². The highest BCUT2D eigenvalue weighted by molar-refractivity contribution is 5.87. The molecule has 6 heteroatoms. The fourth-order valence-corrected chi connectivity index (χ4v) is 4.12. The van der Waals surface area contributed by atoms with Crippen LogP contribution in [0.1, 0.15) is 42.3 Å². The number of aromatic nitrogens is 2. The number of carboxylic acids is 1. The molecule has 0 saturated heterocycles. The minimum Gasteiger partial charge on any atom is -0.487 e. The van der Waals surface area contributed by atoms with Gasteiger partial charge in [-0.2, -0.15) is 5.10 Å². The van der Waals surface area contributed by atoms with Crippen LogP contribution in [-0.2, 0) is 24.4 Å². The van der Waals surface area contributed by atoms with Crippen molar-refractivity contribution >= 4 is 16.9 Å². The molecule has 0 saturated carbocycles. The van der Waals surface area contributed by atoms with Crippen molar-refractivity contribution in [3.63, 3.8) is 0 Å². The molecule has 4 rings (SSSR count). The monoisotopic (exact) mass is 443 g/mol. The van der Waals surface area contributed by atoms with Crippen molar-refractivity contribution < 1.29 is 14.6 Å². The number of nitrogens with zero attached hydrogens (tertiary/aromatic N) is 2. The first kappa shape index (κ1) is 22.6. The minimum atomic E-state index is -0.885. The predicted octanol–water partition coefficient (Wildman–Crippen LogP) is 5.26. The molecule has 1 heterocycles. The molecular weight excluding hydrogens is 414 g/mol. The first-order valence-electron chi connectivity index (χ1n) is 11.1. The van der Waals surface area contributed by atoms with Crippen LogP contribution >= 0.6 is 0 Å². The molecule has 6 nitrogen and oxygen atoms in total. The Kier molecular flexibility index (Phi) is 6.47. The number of fused-ring (bicyclic) bond motifs is 1. The van der Waals surface area contributed by atoms with Crippen LogP contribution in [0.2, 0.25) is 0 Å². The number of hydrogen-bond acceptors (Lipinski definition) is 4. The van der Waals surface area contributed by atoms with E-state index in [2.05, 4.69) is 44.2 Å². The lowest BCUT2D eigenvalue weighted by Gasteiger charge is -2.12. The van der Waals surface area contributed by atoms with Gasteiger partial charge in [-0.1, -0.05) is 42.5 Å². The molecule has 0 spiro atoms. The molecule has 0 fully saturated rings. The summed E-state index contributed by atoms with van der Waals surface area (Å²) in [6, 6.07) is 20.3. The molecule has 0 radical (unpaired) electrons. The van der Waals surface area contributed by atoms with Crippen LogP contribution in [0.3, 0.4) is 0 Å². The summed E-state index contributed by atoms with van der Waals surface area (Å²) in [5.41, 5.74) is 12.5. The Labute approximate surface area is 193 Å². The largest absolute Gasteiger partial charge is 0.487 e. The van der Waals surface area contributed by atoms with Crippen molar-refractivity contribution in [1.82, 2.24) is 9.78 Å². The maximum Gasteiger partial charge on any atom is 0.307 e.